The first-order valence-corrected chi connectivity index (χ1v) is 6.44. The number of rotatable bonds is 4. The van der Waals surface area contributed by atoms with Crippen molar-refractivity contribution < 1.29 is 14.3 Å². The van der Waals surface area contributed by atoms with Crippen molar-refractivity contribution in [2.75, 3.05) is 0 Å². The quantitative estimate of drug-likeness (QED) is 0.944. The summed E-state index contributed by atoms with van der Waals surface area (Å²) in [6.45, 7) is 1.74. The molecule has 0 aliphatic rings. The van der Waals surface area contributed by atoms with E-state index in [1.807, 2.05) is 0 Å². The van der Waals surface area contributed by atoms with Gasteiger partial charge in [0.25, 0.3) is 0 Å². The van der Waals surface area contributed by atoms with Crippen molar-refractivity contribution in [1.82, 2.24) is 9.78 Å². The lowest BCUT2D eigenvalue weighted by Crippen LogP contribution is -2.17. The van der Waals surface area contributed by atoms with E-state index in [-0.39, 0.29) is 12.0 Å². The normalized spacial score (nSPS) is 12.4. The van der Waals surface area contributed by atoms with E-state index in [0.29, 0.717) is 16.4 Å². The zero-order valence-corrected chi connectivity index (χ0v) is 11.9. The van der Waals surface area contributed by atoms with Gasteiger partial charge in [0.15, 0.2) is 0 Å². The number of hydrogen-bond acceptors (Lipinski definition) is 2. The minimum Gasteiger partial charge on any atom is -0.481 e. The van der Waals surface area contributed by atoms with E-state index >= 15 is 0 Å². The van der Waals surface area contributed by atoms with Gasteiger partial charge in [0.05, 0.1) is 22.3 Å². The van der Waals surface area contributed by atoms with Gasteiger partial charge in [0, 0.05) is 19.0 Å². The van der Waals surface area contributed by atoms with Crippen LogP contribution in [0.15, 0.2) is 24.3 Å². The van der Waals surface area contributed by atoms with Gasteiger partial charge in [-0.25, -0.2) is 4.39 Å². The maximum Gasteiger partial charge on any atom is 0.311 e. The maximum absolute atomic E-state index is 13.8. The molecule has 0 radical (unpaired) electrons. The first kappa shape index (κ1) is 14.5. The molecule has 2 aromatic rings. The SMILES string of the molecule is Cc1nn(C)c(CC(C(=O)O)c2ccccc2F)c1Cl. The summed E-state index contributed by atoms with van der Waals surface area (Å²) in [5.74, 6) is -2.62. The highest BCUT2D eigenvalue weighted by molar-refractivity contribution is 6.31. The standard InChI is InChI=1S/C14H14ClFN2O2/c1-8-13(15)12(18(2)17-8)7-10(14(19)20)9-5-3-4-6-11(9)16/h3-6,10H,7H2,1-2H3,(H,19,20). The number of nitrogens with zero attached hydrogens (tertiary/aromatic N) is 2. The lowest BCUT2D eigenvalue weighted by molar-refractivity contribution is -0.138. The number of carboxylic acids is 1. The molecule has 0 fully saturated rings. The Morgan fingerprint density at radius 2 is 2.15 bits per heavy atom. The Kier molecular flexibility index (Phi) is 4.09. The molecule has 0 saturated heterocycles. The minimum atomic E-state index is -1.09. The van der Waals surface area contributed by atoms with Crippen molar-refractivity contribution in [2.45, 2.75) is 19.3 Å². The molecule has 1 unspecified atom stereocenters. The van der Waals surface area contributed by atoms with Crippen LogP contribution in [0.4, 0.5) is 4.39 Å². The van der Waals surface area contributed by atoms with Gasteiger partial charge in [0.2, 0.25) is 0 Å². The average Bonchev–Trinajstić information content (AvgIpc) is 2.62. The molecule has 0 aliphatic heterocycles. The number of hydrogen-bond donors (Lipinski definition) is 1. The van der Waals surface area contributed by atoms with Crippen LogP contribution in [-0.4, -0.2) is 20.9 Å². The molecule has 1 aromatic heterocycles. The summed E-state index contributed by atoms with van der Waals surface area (Å²) in [4.78, 5) is 11.4. The molecular weight excluding hydrogens is 283 g/mol. The summed E-state index contributed by atoms with van der Waals surface area (Å²) in [7, 11) is 1.69. The molecule has 1 N–H and O–H groups in total. The predicted molar refractivity (Wildman–Crippen MR) is 73.4 cm³/mol. The second-order valence-corrected chi connectivity index (χ2v) is 4.96. The van der Waals surface area contributed by atoms with E-state index < -0.39 is 17.7 Å². The van der Waals surface area contributed by atoms with Crippen molar-refractivity contribution in [2.24, 2.45) is 7.05 Å². The monoisotopic (exact) mass is 296 g/mol. The fourth-order valence-electron chi connectivity index (χ4n) is 2.18. The lowest BCUT2D eigenvalue weighted by atomic mass is 9.93. The smallest absolute Gasteiger partial charge is 0.311 e. The zero-order valence-electron chi connectivity index (χ0n) is 11.1. The highest BCUT2D eigenvalue weighted by Gasteiger charge is 2.26. The third kappa shape index (κ3) is 2.67. The van der Waals surface area contributed by atoms with Gasteiger partial charge in [0.1, 0.15) is 5.82 Å². The Bertz CT molecular complexity index is 655. The average molecular weight is 297 g/mol. The van der Waals surface area contributed by atoms with E-state index in [1.165, 1.54) is 22.9 Å². The first-order chi connectivity index (χ1) is 9.41. The molecule has 0 aliphatic carbocycles. The van der Waals surface area contributed by atoms with Gasteiger partial charge >= 0.3 is 5.97 Å². The van der Waals surface area contributed by atoms with Crippen LogP contribution in [0.25, 0.3) is 0 Å². The third-order valence-corrected chi connectivity index (χ3v) is 3.73. The molecule has 4 nitrogen and oxygen atoms in total. The molecule has 0 amide bonds. The van der Waals surface area contributed by atoms with Crippen LogP contribution in [0.2, 0.25) is 5.02 Å². The number of benzene rings is 1. The van der Waals surface area contributed by atoms with Gasteiger partial charge < -0.3 is 5.11 Å². The van der Waals surface area contributed by atoms with Gasteiger partial charge in [-0.05, 0) is 13.0 Å². The molecule has 1 heterocycles. The van der Waals surface area contributed by atoms with Crippen LogP contribution in [0.1, 0.15) is 22.9 Å². The highest BCUT2D eigenvalue weighted by Crippen LogP contribution is 2.28. The van der Waals surface area contributed by atoms with Crippen molar-refractivity contribution in [3.05, 3.63) is 52.1 Å². The minimum absolute atomic E-state index is 0.0897. The van der Waals surface area contributed by atoms with Crippen molar-refractivity contribution in [1.29, 1.82) is 0 Å². The van der Waals surface area contributed by atoms with E-state index in [0.717, 1.165) is 0 Å². The van der Waals surface area contributed by atoms with Crippen LogP contribution < -0.4 is 0 Å². The van der Waals surface area contributed by atoms with Crippen molar-refractivity contribution in [3.8, 4) is 0 Å². The van der Waals surface area contributed by atoms with E-state index in [2.05, 4.69) is 5.10 Å². The van der Waals surface area contributed by atoms with Crippen LogP contribution in [0.5, 0.6) is 0 Å². The molecule has 1 atom stereocenters. The van der Waals surface area contributed by atoms with Gasteiger partial charge in [-0.15, -0.1) is 0 Å². The fourth-order valence-corrected chi connectivity index (χ4v) is 2.42. The first-order valence-electron chi connectivity index (χ1n) is 6.07. The third-order valence-electron chi connectivity index (χ3n) is 3.24. The Morgan fingerprint density at radius 1 is 1.50 bits per heavy atom. The Hall–Kier alpha value is -1.88. The summed E-state index contributed by atoms with van der Waals surface area (Å²) in [5.41, 5.74) is 1.36. The van der Waals surface area contributed by atoms with Crippen LogP contribution in [-0.2, 0) is 18.3 Å². The summed E-state index contributed by atoms with van der Waals surface area (Å²) in [6, 6.07) is 5.87. The summed E-state index contributed by atoms with van der Waals surface area (Å²) < 4.78 is 15.3. The summed E-state index contributed by atoms with van der Waals surface area (Å²) in [6.07, 6.45) is 0.0897. The molecular formula is C14H14ClFN2O2. The fraction of sp³-hybridized carbons (Fsp3) is 0.286. The summed E-state index contributed by atoms with van der Waals surface area (Å²) in [5, 5.41) is 13.9. The number of halogens is 2. The Morgan fingerprint density at radius 3 is 2.65 bits per heavy atom. The molecule has 2 rings (SSSR count). The number of aromatic nitrogens is 2. The topological polar surface area (TPSA) is 55.1 Å². The van der Waals surface area contributed by atoms with E-state index in [4.69, 9.17) is 11.6 Å². The van der Waals surface area contributed by atoms with Crippen molar-refractivity contribution in [3.63, 3.8) is 0 Å². The predicted octanol–water partition coefficient (Wildman–Crippen LogP) is 2.93. The maximum atomic E-state index is 13.8. The van der Waals surface area contributed by atoms with Crippen LogP contribution in [0, 0.1) is 12.7 Å². The van der Waals surface area contributed by atoms with Gasteiger partial charge in [-0.3, -0.25) is 9.48 Å². The second-order valence-electron chi connectivity index (χ2n) is 4.59. The molecule has 6 heteroatoms. The highest BCUT2D eigenvalue weighted by atomic mass is 35.5. The van der Waals surface area contributed by atoms with Gasteiger partial charge in [-0.1, -0.05) is 29.8 Å². The zero-order chi connectivity index (χ0) is 14.9. The summed E-state index contributed by atoms with van der Waals surface area (Å²) >= 11 is 6.12. The van der Waals surface area contributed by atoms with E-state index in [1.54, 1.807) is 20.0 Å². The van der Waals surface area contributed by atoms with Crippen LogP contribution in [0.3, 0.4) is 0 Å². The largest absolute Gasteiger partial charge is 0.481 e. The Balaban J connectivity index is 2.41. The van der Waals surface area contributed by atoms with Crippen molar-refractivity contribution >= 4 is 17.6 Å². The number of aryl methyl sites for hydroxylation is 2. The lowest BCUT2D eigenvalue weighted by Gasteiger charge is -2.14. The molecule has 0 saturated carbocycles. The number of aliphatic carboxylic acids is 1. The number of carbonyl (C=O) groups is 1. The molecule has 20 heavy (non-hydrogen) atoms. The molecule has 106 valence electrons. The number of carboxylic acid groups (broad SMARTS) is 1. The van der Waals surface area contributed by atoms with Crippen LogP contribution >= 0.6 is 11.6 Å². The molecule has 0 spiro atoms. The molecule has 0 bridgehead atoms. The molecule has 1 aromatic carbocycles. The van der Waals surface area contributed by atoms with E-state index in [9.17, 15) is 14.3 Å². The van der Waals surface area contributed by atoms with Gasteiger partial charge in [-0.2, -0.15) is 5.10 Å². The second kappa shape index (κ2) is 5.63. The Labute approximate surface area is 120 Å².